The Hall–Kier alpha value is -3.03. The van der Waals surface area contributed by atoms with E-state index in [2.05, 4.69) is 20.0 Å². The number of anilines is 1. The van der Waals surface area contributed by atoms with Crippen LogP contribution in [0.3, 0.4) is 0 Å². The van der Waals surface area contributed by atoms with Gasteiger partial charge in [-0.25, -0.2) is 14.4 Å². The first-order chi connectivity index (χ1) is 12.5. The van der Waals surface area contributed by atoms with Crippen LogP contribution in [0.4, 0.5) is 10.2 Å². The Bertz CT molecular complexity index is 977. The van der Waals surface area contributed by atoms with Gasteiger partial charge >= 0.3 is 0 Å². The Balaban J connectivity index is 1.53. The molecular formula is C18H19FN6O. The van der Waals surface area contributed by atoms with Crippen LogP contribution in [-0.4, -0.2) is 56.7 Å². The van der Waals surface area contributed by atoms with E-state index in [1.54, 1.807) is 28.0 Å². The maximum Gasteiger partial charge on any atom is 0.254 e. The number of carbonyl (C=O) groups excluding carboxylic acids is 1. The number of hydrogen-bond acceptors (Lipinski definition) is 5. The average molecular weight is 354 g/mol. The van der Waals surface area contributed by atoms with Crippen LogP contribution in [0.15, 0.2) is 30.6 Å². The number of nitrogens with zero attached hydrogens (tertiary/aromatic N) is 6. The molecular weight excluding hydrogens is 335 g/mol. The van der Waals surface area contributed by atoms with E-state index in [-0.39, 0.29) is 5.91 Å². The van der Waals surface area contributed by atoms with E-state index >= 15 is 0 Å². The third-order valence-electron chi connectivity index (χ3n) is 4.71. The fourth-order valence-corrected chi connectivity index (χ4v) is 3.41. The van der Waals surface area contributed by atoms with E-state index < -0.39 is 5.82 Å². The molecule has 1 aliphatic heterocycles. The SMILES string of the molecule is Cc1nn(C)c2c(N3CCN(C(=O)c4cccc(F)c4)CC3)ncnc12. The maximum atomic E-state index is 13.4. The van der Waals surface area contributed by atoms with Gasteiger partial charge in [0.05, 0.1) is 5.69 Å². The molecule has 0 bridgehead atoms. The van der Waals surface area contributed by atoms with Crippen molar-refractivity contribution in [2.24, 2.45) is 7.05 Å². The molecule has 1 saturated heterocycles. The number of halogens is 1. The van der Waals surface area contributed by atoms with Crippen LogP contribution in [-0.2, 0) is 7.05 Å². The van der Waals surface area contributed by atoms with Crippen molar-refractivity contribution in [3.8, 4) is 0 Å². The molecule has 1 amide bonds. The smallest absolute Gasteiger partial charge is 0.254 e. The Labute approximate surface area is 150 Å². The van der Waals surface area contributed by atoms with Gasteiger partial charge in [-0.15, -0.1) is 0 Å². The molecule has 0 atom stereocenters. The van der Waals surface area contributed by atoms with E-state index in [9.17, 15) is 9.18 Å². The molecule has 1 fully saturated rings. The first-order valence-corrected chi connectivity index (χ1v) is 8.48. The fraction of sp³-hybridized carbons (Fsp3) is 0.333. The van der Waals surface area contributed by atoms with Crippen molar-refractivity contribution in [2.75, 3.05) is 31.1 Å². The molecule has 1 aromatic carbocycles. The molecule has 3 heterocycles. The molecule has 2 aromatic heterocycles. The van der Waals surface area contributed by atoms with Crippen molar-refractivity contribution in [2.45, 2.75) is 6.92 Å². The van der Waals surface area contributed by atoms with Crippen LogP contribution >= 0.6 is 0 Å². The lowest BCUT2D eigenvalue weighted by Crippen LogP contribution is -2.49. The highest BCUT2D eigenvalue weighted by atomic mass is 19.1. The Kier molecular flexibility index (Phi) is 4.02. The van der Waals surface area contributed by atoms with Gasteiger partial charge in [0, 0.05) is 38.8 Å². The molecule has 7 nitrogen and oxygen atoms in total. The summed E-state index contributed by atoms with van der Waals surface area (Å²) in [5.41, 5.74) is 2.99. The van der Waals surface area contributed by atoms with Gasteiger partial charge in [-0.2, -0.15) is 5.10 Å². The Morgan fingerprint density at radius 3 is 2.65 bits per heavy atom. The van der Waals surface area contributed by atoms with Crippen molar-refractivity contribution in [3.63, 3.8) is 0 Å². The lowest BCUT2D eigenvalue weighted by Gasteiger charge is -2.35. The van der Waals surface area contributed by atoms with Gasteiger partial charge in [0.15, 0.2) is 5.82 Å². The summed E-state index contributed by atoms with van der Waals surface area (Å²) in [6.45, 7) is 4.33. The van der Waals surface area contributed by atoms with Crippen LogP contribution in [0.2, 0.25) is 0 Å². The summed E-state index contributed by atoms with van der Waals surface area (Å²) in [5, 5.41) is 4.42. The zero-order valence-electron chi connectivity index (χ0n) is 14.7. The van der Waals surface area contributed by atoms with Crippen molar-refractivity contribution in [1.29, 1.82) is 0 Å². The van der Waals surface area contributed by atoms with E-state index in [4.69, 9.17) is 0 Å². The highest BCUT2D eigenvalue weighted by Gasteiger charge is 2.25. The summed E-state index contributed by atoms with van der Waals surface area (Å²) >= 11 is 0. The predicted octanol–water partition coefficient (Wildman–Crippen LogP) is 1.77. The average Bonchev–Trinajstić information content (AvgIpc) is 2.95. The number of piperazine rings is 1. The number of amides is 1. The first kappa shape index (κ1) is 16.4. The first-order valence-electron chi connectivity index (χ1n) is 8.48. The van der Waals surface area contributed by atoms with Crippen molar-refractivity contribution in [1.82, 2.24) is 24.6 Å². The molecule has 4 rings (SSSR count). The normalized spacial score (nSPS) is 14.9. The van der Waals surface area contributed by atoms with Gasteiger partial charge in [-0.05, 0) is 25.1 Å². The van der Waals surface area contributed by atoms with Gasteiger partial charge in [-0.1, -0.05) is 6.07 Å². The number of rotatable bonds is 2. The number of aromatic nitrogens is 4. The summed E-state index contributed by atoms with van der Waals surface area (Å²) in [5.74, 6) is 0.286. The standard InChI is InChI=1S/C18H19FN6O/c1-12-15-16(23(2)22-12)17(21-11-20-15)24-6-8-25(9-7-24)18(26)13-4-3-5-14(19)10-13/h3-5,10-11H,6-9H2,1-2H3. The molecule has 0 aliphatic carbocycles. The monoisotopic (exact) mass is 354 g/mol. The highest BCUT2D eigenvalue weighted by Crippen LogP contribution is 2.25. The number of fused-ring (bicyclic) bond motifs is 1. The van der Waals surface area contributed by atoms with Crippen LogP contribution in [0.25, 0.3) is 11.0 Å². The molecule has 0 unspecified atom stereocenters. The molecule has 0 N–H and O–H groups in total. The molecule has 26 heavy (non-hydrogen) atoms. The summed E-state index contributed by atoms with van der Waals surface area (Å²) in [4.78, 5) is 25.2. The zero-order valence-corrected chi connectivity index (χ0v) is 14.7. The summed E-state index contributed by atoms with van der Waals surface area (Å²) < 4.78 is 15.2. The summed E-state index contributed by atoms with van der Waals surface area (Å²) in [6, 6.07) is 5.82. The third kappa shape index (κ3) is 2.77. The molecule has 0 radical (unpaired) electrons. The van der Waals surface area contributed by atoms with Crippen molar-refractivity contribution >= 4 is 22.8 Å². The van der Waals surface area contributed by atoms with Crippen LogP contribution in [0, 0.1) is 12.7 Å². The largest absolute Gasteiger partial charge is 0.351 e. The minimum absolute atomic E-state index is 0.145. The number of carbonyl (C=O) groups is 1. The van der Waals surface area contributed by atoms with Crippen molar-refractivity contribution < 1.29 is 9.18 Å². The lowest BCUT2D eigenvalue weighted by atomic mass is 10.1. The molecule has 1 aliphatic rings. The minimum Gasteiger partial charge on any atom is -0.351 e. The van der Waals surface area contributed by atoms with Crippen molar-refractivity contribution in [3.05, 3.63) is 47.7 Å². The lowest BCUT2D eigenvalue weighted by molar-refractivity contribution is 0.0746. The molecule has 0 saturated carbocycles. The fourth-order valence-electron chi connectivity index (χ4n) is 3.41. The molecule has 0 spiro atoms. The third-order valence-corrected chi connectivity index (χ3v) is 4.71. The predicted molar refractivity (Wildman–Crippen MR) is 95.6 cm³/mol. The highest BCUT2D eigenvalue weighted by molar-refractivity contribution is 5.94. The molecule has 8 heteroatoms. The minimum atomic E-state index is -0.399. The number of benzene rings is 1. The van der Waals surface area contributed by atoms with Crippen LogP contribution < -0.4 is 4.90 Å². The summed E-state index contributed by atoms with van der Waals surface area (Å²) in [7, 11) is 1.88. The second-order valence-electron chi connectivity index (χ2n) is 6.39. The van der Waals surface area contributed by atoms with Crippen LogP contribution in [0.5, 0.6) is 0 Å². The van der Waals surface area contributed by atoms with E-state index in [0.29, 0.717) is 31.7 Å². The van der Waals surface area contributed by atoms with Crippen LogP contribution in [0.1, 0.15) is 16.1 Å². The quantitative estimate of drug-likeness (QED) is 0.702. The Morgan fingerprint density at radius 2 is 1.92 bits per heavy atom. The summed E-state index contributed by atoms with van der Waals surface area (Å²) in [6.07, 6.45) is 1.55. The molecule has 134 valence electrons. The molecule has 3 aromatic rings. The number of hydrogen-bond donors (Lipinski definition) is 0. The van der Waals surface area contributed by atoms with Gasteiger partial charge < -0.3 is 9.80 Å². The van der Waals surface area contributed by atoms with Gasteiger partial charge in [0.25, 0.3) is 5.91 Å². The van der Waals surface area contributed by atoms with Gasteiger partial charge in [0.2, 0.25) is 0 Å². The second kappa shape index (κ2) is 6.36. The van der Waals surface area contributed by atoms with E-state index in [1.165, 1.54) is 12.1 Å². The van der Waals surface area contributed by atoms with Gasteiger partial charge in [-0.3, -0.25) is 9.48 Å². The maximum absolute atomic E-state index is 13.4. The second-order valence-corrected chi connectivity index (χ2v) is 6.39. The van der Waals surface area contributed by atoms with E-state index in [0.717, 1.165) is 22.5 Å². The number of aryl methyl sites for hydroxylation is 2. The topological polar surface area (TPSA) is 67.2 Å². The van der Waals surface area contributed by atoms with Gasteiger partial charge in [0.1, 0.15) is 23.2 Å². The zero-order chi connectivity index (χ0) is 18.3. The van der Waals surface area contributed by atoms with E-state index in [1.807, 2.05) is 14.0 Å². The Morgan fingerprint density at radius 1 is 1.15 bits per heavy atom.